The Bertz CT molecular complexity index is 249. The van der Waals surface area contributed by atoms with Crippen molar-refractivity contribution in [1.82, 2.24) is 0 Å². The van der Waals surface area contributed by atoms with E-state index in [1.165, 1.54) is 44.1 Å². The van der Waals surface area contributed by atoms with E-state index in [0.29, 0.717) is 0 Å². The third kappa shape index (κ3) is 5.01. The Morgan fingerprint density at radius 3 is 2.40 bits per heavy atom. The van der Waals surface area contributed by atoms with Gasteiger partial charge in [-0.1, -0.05) is 68.1 Å². The quantitative estimate of drug-likeness (QED) is 0.563. The van der Waals surface area contributed by atoms with Crippen LogP contribution >= 0.6 is 0 Å². The Morgan fingerprint density at radius 1 is 1.20 bits per heavy atom. The van der Waals surface area contributed by atoms with Gasteiger partial charge in [-0.05, 0) is 26.2 Å². The van der Waals surface area contributed by atoms with Crippen LogP contribution in [0, 0.1) is 5.92 Å². The molecule has 1 rings (SSSR count). The molecule has 0 saturated heterocycles. The molecule has 1 aliphatic carbocycles. The molecule has 15 heavy (non-hydrogen) atoms. The van der Waals surface area contributed by atoms with Crippen molar-refractivity contribution in [2.24, 2.45) is 5.92 Å². The van der Waals surface area contributed by atoms with Crippen molar-refractivity contribution in [3.05, 3.63) is 36.0 Å². The Hall–Kier alpha value is -0.780. The second-order valence-corrected chi connectivity index (χ2v) is 4.75. The summed E-state index contributed by atoms with van der Waals surface area (Å²) in [5.74, 6) is 0.930. The Balaban J connectivity index is 2.42. The fourth-order valence-electron chi connectivity index (χ4n) is 2.26. The average molecular weight is 204 g/mol. The number of hydrogen-bond donors (Lipinski definition) is 0. The highest BCUT2D eigenvalue weighted by Gasteiger charge is 2.13. The molecule has 0 radical (unpaired) electrons. The van der Waals surface area contributed by atoms with Crippen LogP contribution in [0.15, 0.2) is 36.0 Å². The molecule has 0 spiro atoms. The van der Waals surface area contributed by atoms with Gasteiger partial charge < -0.3 is 0 Å². The predicted octanol–water partition coefficient (Wildman–Crippen LogP) is 5.04. The van der Waals surface area contributed by atoms with Crippen LogP contribution in [0.25, 0.3) is 0 Å². The van der Waals surface area contributed by atoms with Gasteiger partial charge in [0.1, 0.15) is 0 Å². The van der Waals surface area contributed by atoms with Crippen molar-refractivity contribution in [3.63, 3.8) is 0 Å². The van der Waals surface area contributed by atoms with Crippen LogP contribution in [0.3, 0.4) is 0 Å². The van der Waals surface area contributed by atoms with E-state index in [4.69, 9.17) is 0 Å². The van der Waals surface area contributed by atoms with Crippen LogP contribution in [0.1, 0.15) is 52.4 Å². The molecule has 0 aromatic carbocycles. The molecule has 84 valence electrons. The largest absolute Gasteiger partial charge is 0.0961 e. The van der Waals surface area contributed by atoms with E-state index in [-0.39, 0.29) is 0 Å². The molecule has 0 nitrogen and oxygen atoms in total. The van der Waals surface area contributed by atoms with E-state index in [9.17, 15) is 0 Å². The molecule has 0 heteroatoms. The van der Waals surface area contributed by atoms with Crippen molar-refractivity contribution in [3.8, 4) is 0 Å². The molecule has 0 aliphatic heterocycles. The van der Waals surface area contributed by atoms with Crippen LogP contribution in [-0.4, -0.2) is 0 Å². The lowest BCUT2D eigenvalue weighted by atomic mass is 9.84. The maximum atomic E-state index is 3.89. The highest BCUT2D eigenvalue weighted by Crippen LogP contribution is 2.29. The third-order valence-electron chi connectivity index (χ3n) is 3.20. The van der Waals surface area contributed by atoms with Gasteiger partial charge >= 0.3 is 0 Å². The molecule has 1 aliphatic rings. The summed E-state index contributed by atoms with van der Waals surface area (Å²) in [5.41, 5.74) is 2.61. The smallest absolute Gasteiger partial charge is 0.0254 e. The zero-order chi connectivity index (χ0) is 11.1. The average Bonchev–Trinajstić information content (AvgIpc) is 2.25. The number of rotatable bonds is 4. The van der Waals surface area contributed by atoms with Gasteiger partial charge in [-0.15, -0.1) is 0 Å². The highest BCUT2D eigenvalue weighted by atomic mass is 14.2. The van der Waals surface area contributed by atoms with Crippen LogP contribution < -0.4 is 0 Å². The van der Waals surface area contributed by atoms with Crippen molar-refractivity contribution >= 4 is 0 Å². The molecular formula is C15H24. The summed E-state index contributed by atoms with van der Waals surface area (Å²) < 4.78 is 0. The van der Waals surface area contributed by atoms with E-state index in [2.05, 4.69) is 31.7 Å². The zero-order valence-electron chi connectivity index (χ0n) is 10.3. The molecule has 0 heterocycles. The fourth-order valence-corrected chi connectivity index (χ4v) is 2.26. The fraction of sp³-hybridized carbons (Fsp3) is 0.600. The van der Waals surface area contributed by atoms with E-state index < -0.39 is 0 Å². The standard InChI is InChI=1S/C15H24/c1-4-14(11-10-13(2)3)12-15-8-6-5-7-9-15/h4,10-11,15H,2,5-9,12H2,1,3H3/b11-10-,14-4+. The summed E-state index contributed by atoms with van der Waals surface area (Å²) in [5, 5.41) is 0. The molecule has 0 atom stereocenters. The lowest BCUT2D eigenvalue weighted by Gasteiger charge is -2.21. The van der Waals surface area contributed by atoms with Gasteiger partial charge in [0, 0.05) is 0 Å². The predicted molar refractivity (Wildman–Crippen MR) is 68.9 cm³/mol. The first-order valence-corrected chi connectivity index (χ1v) is 6.21. The van der Waals surface area contributed by atoms with E-state index in [1.807, 2.05) is 6.92 Å². The van der Waals surface area contributed by atoms with Gasteiger partial charge in [-0.2, -0.15) is 0 Å². The molecule has 0 N–H and O–H groups in total. The van der Waals surface area contributed by atoms with Crippen molar-refractivity contribution in [2.45, 2.75) is 52.4 Å². The first-order valence-electron chi connectivity index (χ1n) is 6.21. The normalized spacial score (nSPS) is 19.7. The Labute approximate surface area is 94.8 Å². The minimum Gasteiger partial charge on any atom is -0.0961 e. The van der Waals surface area contributed by atoms with Gasteiger partial charge in [0.15, 0.2) is 0 Å². The highest BCUT2D eigenvalue weighted by molar-refractivity contribution is 5.25. The lowest BCUT2D eigenvalue weighted by Crippen LogP contribution is -2.06. The molecule has 0 aromatic heterocycles. The SMILES string of the molecule is C=C(C)/C=C\C(=C/C)CC1CCCCC1. The third-order valence-corrected chi connectivity index (χ3v) is 3.20. The molecule has 0 aromatic rings. The summed E-state index contributed by atoms with van der Waals surface area (Å²) in [4.78, 5) is 0. The number of allylic oxidation sites excluding steroid dienone is 5. The minimum atomic E-state index is 0.930. The molecule has 0 bridgehead atoms. The van der Waals surface area contributed by atoms with Crippen molar-refractivity contribution < 1.29 is 0 Å². The summed E-state index contributed by atoms with van der Waals surface area (Å²) in [7, 11) is 0. The van der Waals surface area contributed by atoms with Gasteiger partial charge in [0.25, 0.3) is 0 Å². The van der Waals surface area contributed by atoms with Crippen molar-refractivity contribution in [2.75, 3.05) is 0 Å². The summed E-state index contributed by atoms with van der Waals surface area (Å²) in [6, 6.07) is 0. The summed E-state index contributed by atoms with van der Waals surface area (Å²) in [6.45, 7) is 8.08. The molecule has 0 unspecified atom stereocenters. The van der Waals surface area contributed by atoms with Crippen LogP contribution in [0.5, 0.6) is 0 Å². The molecule has 1 saturated carbocycles. The topological polar surface area (TPSA) is 0 Å². The van der Waals surface area contributed by atoms with Gasteiger partial charge in [-0.3, -0.25) is 0 Å². The van der Waals surface area contributed by atoms with Gasteiger partial charge in [0.2, 0.25) is 0 Å². The molecular weight excluding hydrogens is 180 g/mol. The lowest BCUT2D eigenvalue weighted by molar-refractivity contribution is 0.357. The maximum Gasteiger partial charge on any atom is -0.0254 e. The second-order valence-electron chi connectivity index (χ2n) is 4.75. The monoisotopic (exact) mass is 204 g/mol. The van der Waals surface area contributed by atoms with Gasteiger partial charge in [-0.25, -0.2) is 0 Å². The Morgan fingerprint density at radius 2 is 1.87 bits per heavy atom. The Kier molecular flexibility index (Phi) is 5.45. The van der Waals surface area contributed by atoms with E-state index in [0.717, 1.165) is 11.5 Å². The van der Waals surface area contributed by atoms with E-state index in [1.54, 1.807) is 0 Å². The van der Waals surface area contributed by atoms with Gasteiger partial charge in [0.05, 0.1) is 0 Å². The molecule has 0 amide bonds. The van der Waals surface area contributed by atoms with Crippen molar-refractivity contribution in [1.29, 1.82) is 0 Å². The van der Waals surface area contributed by atoms with Crippen LogP contribution in [0.2, 0.25) is 0 Å². The van der Waals surface area contributed by atoms with Crippen LogP contribution in [-0.2, 0) is 0 Å². The first-order chi connectivity index (χ1) is 7.22. The minimum absolute atomic E-state index is 0.930. The van der Waals surface area contributed by atoms with Crippen LogP contribution in [0.4, 0.5) is 0 Å². The zero-order valence-corrected chi connectivity index (χ0v) is 10.3. The maximum absolute atomic E-state index is 3.89. The number of hydrogen-bond acceptors (Lipinski definition) is 0. The second kappa shape index (κ2) is 6.66. The first kappa shape index (κ1) is 12.3. The summed E-state index contributed by atoms with van der Waals surface area (Å²) >= 11 is 0. The van der Waals surface area contributed by atoms with E-state index >= 15 is 0 Å². The summed E-state index contributed by atoms with van der Waals surface area (Å²) in [6.07, 6.45) is 15.0. The molecule has 1 fully saturated rings.